The lowest BCUT2D eigenvalue weighted by molar-refractivity contribution is 0.217. The van der Waals surface area contributed by atoms with E-state index in [1.807, 2.05) is 6.07 Å². The molecular weight excluding hydrogens is 335 g/mol. The molecule has 0 aliphatic heterocycles. The lowest BCUT2D eigenvalue weighted by atomic mass is 10.1. The first-order chi connectivity index (χ1) is 9.06. The number of halogens is 2. The second-order valence-corrected chi connectivity index (χ2v) is 6.27. The normalized spacial score (nSPS) is 12.3. The maximum atomic E-state index is 14.0. The quantitative estimate of drug-likeness (QED) is 0.916. The van der Waals surface area contributed by atoms with Gasteiger partial charge in [-0.15, -0.1) is 11.3 Å². The molecule has 2 aromatic rings. The standard InChI is InChI=1S/C13H12BrFO3S/c1-17-9-5-7(8(15)6-10(9)18-2)13(16)11-3-4-12(14)19-11/h3-6,13,16H,1-2H3. The molecule has 19 heavy (non-hydrogen) atoms. The van der Waals surface area contributed by atoms with E-state index in [1.165, 1.54) is 37.7 Å². The Labute approximate surface area is 122 Å². The van der Waals surface area contributed by atoms with Crippen molar-refractivity contribution in [1.82, 2.24) is 0 Å². The Kier molecular flexibility index (Phi) is 4.44. The highest BCUT2D eigenvalue weighted by Crippen LogP contribution is 2.37. The van der Waals surface area contributed by atoms with Crippen LogP contribution in [0.5, 0.6) is 11.5 Å². The zero-order valence-corrected chi connectivity index (χ0v) is 12.7. The van der Waals surface area contributed by atoms with Gasteiger partial charge in [-0.1, -0.05) is 0 Å². The molecule has 0 spiro atoms. The van der Waals surface area contributed by atoms with E-state index in [0.29, 0.717) is 16.4 Å². The van der Waals surface area contributed by atoms with Gasteiger partial charge in [0.2, 0.25) is 0 Å². The van der Waals surface area contributed by atoms with Crippen LogP contribution in [-0.2, 0) is 0 Å². The number of hydrogen-bond donors (Lipinski definition) is 1. The minimum absolute atomic E-state index is 0.159. The number of benzene rings is 1. The highest BCUT2D eigenvalue weighted by Gasteiger charge is 2.20. The average Bonchev–Trinajstić information content (AvgIpc) is 2.84. The molecular formula is C13H12BrFO3S. The van der Waals surface area contributed by atoms with Crippen molar-refractivity contribution in [2.75, 3.05) is 14.2 Å². The molecule has 1 N–H and O–H groups in total. The van der Waals surface area contributed by atoms with E-state index in [1.54, 1.807) is 6.07 Å². The summed E-state index contributed by atoms with van der Waals surface area (Å²) >= 11 is 4.66. The number of rotatable bonds is 4. The first-order valence-corrected chi connectivity index (χ1v) is 7.02. The Balaban J connectivity index is 2.44. The third kappa shape index (κ3) is 2.91. The number of methoxy groups -OCH3 is 2. The minimum atomic E-state index is -1.03. The zero-order chi connectivity index (χ0) is 14.0. The number of ether oxygens (including phenoxy) is 2. The van der Waals surface area contributed by atoms with Crippen LogP contribution in [-0.4, -0.2) is 19.3 Å². The Hall–Kier alpha value is -1.11. The van der Waals surface area contributed by atoms with E-state index in [4.69, 9.17) is 9.47 Å². The molecule has 0 aliphatic rings. The van der Waals surface area contributed by atoms with Gasteiger partial charge in [-0.2, -0.15) is 0 Å². The van der Waals surface area contributed by atoms with Gasteiger partial charge in [-0.05, 0) is 34.1 Å². The van der Waals surface area contributed by atoms with Crippen LogP contribution in [0, 0.1) is 5.82 Å². The summed E-state index contributed by atoms with van der Waals surface area (Å²) in [7, 11) is 2.90. The summed E-state index contributed by atoms with van der Waals surface area (Å²) in [6, 6.07) is 6.21. The summed E-state index contributed by atoms with van der Waals surface area (Å²) in [5, 5.41) is 10.2. The molecule has 1 heterocycles. The molecule has 1 aromatic heterocycles. The molecule has 3 nitrogen and oxygen atoms in total. The largest absolute Gasteiger partial charge is 0.493 e. The van der Waals surface area contributed by atoms with Gasteiger partial charge in [0.05, 0.1) is 18.0 Å². The molecule has 1 atom stereocenters. The molecule has 0 amide bonds. The van der Waals surface area contributed by atoms with Gasteiger partial charge in [-0.25, -0.2) is 4.39 Å². The Bertz CT molecular complexity index is 585. The van der Waals surface area contributed by atoms with E-state index in [9.17, 15) is 9.50 Å². The summed E-state index contributed by atoms with van der Waals surface area (Å²) in [4.78, 5) is 0.651. The monoisotopic (exact) mass is 346 g/mol. The first-order valence-electron chi connectivity index (χ1n) is 5.41. The van der Waals surface area contributed by atoms with Crippen LogP contribution in [0.15, 0.2) is 28.1 Å². The van der Waals surface area contributed by atoms with Crippen molar-refractivity contribution < 1.29 is 19.0 Å². The van der Waals surface area contributed by atoms with Crippen molar-refractivity contribution in [3.05, 3.63) is 44.3 Å². The van der Waals surface area contributed by atoms with Crippen molar-refractivity contribution in [2.45, 2.75) is 6.10 Å². The van der Waals surface area contributed by atoms with Crippen molar-refractivity contribution in [3.63, 3.8) is 0 Å². The lowest BCUT2D eigenvalue weighted by Gasteiger charge is -2.14. The highest BCUT2D eigenvalue weighted by atomic mass is 79.9. The van der Waals surface area contributed by atoms with Crippen molar-refractivity contribution in [1.29, 1.82) is 0 Å². The van der Waals surface area contributed by atoms with E-state index in [2.05, 4.69) is 15.9 Å². The number of aliphatic hydroxyl groups excluding tert-OH is 1. The summed E-state index contributed by atoms with van der Waals surface area (Å²) in [5.41, 5.74) is 0.159. The van der Waals surface area contributed by atoms with Crippen LogP contribution in [0.3, 0.4) is 0 Å². The van der Waals surface area contributed by atoms with Crippen LogP contribution >= 0.6 is 27.3 Å². The fraction of sp³-hybridized carbons (Fsp3) is 0.231. The Morgan fingerprint density at radius 3 is 2.37 bits per heavy atom. The van der Waals surface area contributed by atoms with Gasteiger partial charge in [-0.3, -0.25) is 0 Å². The summed E-state index contributed by atoms with van der Waals surface area (Å²) < 4.78 is 25.0. The van der Waals surface area contributed by atoms with Gasteiger partial charge in [0.1, 0.15) is 11.9 Å². The van der Waals surface area contributed by atoms with E-state index in [0.717, 1.165) is 3.79 Å². The lowest BCUT2D eigenvalue weighted by Crippen LogP contribution is -2.02. The van der Waals surface area contributed by atoms with Gasteiger partial charge in [0.15, 0.2) is 11.5 Å². The predicted molar refractivity (Wildman–Crippen MR) is 75.6 cm³/mol. The van der Waals surface area contributed by atoms with Crippen LogP contribution in [0.1, 0.15) is 16.5 Å². The maximum Gasteiger partial charge on any atom is 0.163 e. The van der Waals surface area contributed by atoms with Crippen molar-refractivity contribution >= 4 is 27.3 Å². The van der Waals surface area contributed by atoms with Gasteiger partial charge in [0, 0.05) is 16.5 Å². The molecule has 1 aromatic carbocycles. The molecule has 0 fully saturated rings. The summed E-state index contributed by atoms with van der Waals surface area (Å²) in [5.74, 6) is 0.145. The van der Waals surface area contributed by atoms with E-state index >= 15 is 0 Å². The molecule has 1 unspecified atom stereocenters. The fourth-order valence-corrected chi connectivity index (χ4v) is 3.14. The molecule has 102 valence electrons. The molecule has 6 heteroatoms. The molecule has 2 rings (SSSR count). The molecule has 0 saturated heterocycles. The smallest absolute Gasteiger partial charge is 0.163 e. The van der Waals surface area contributed by atoms with E-state index in [-0.39, 0.29) is 5.56 Å². The second kappa shape index (κ2) is 5.90. The van der Waals surface area contributed by atoms with Crippen LogP contribution in [0.25, 0.3) is 0 Å². The van der Waals surface area contributed by atoms with Gasteiger partial charge in [0.25, 0.3) is 0 Å². The number of aliphatic hydroxyl groups is 1. The third-order valence-electron chi connectivity index (χ3n) is 2.66. The Morgan fingerprint density at radius 2 is 1.84 bits per heavy atom. The Morgan fingerprint density at radius 1 is 1.21 bits per heavy atom. The number of hydrogen-bond acceptors (Lipinski definition) is 4. The summed E-state index contributed by atoms with van der Waals surface area (Å²) in [6.45, 7) is 0. The van der Waals surface area contributed by atoms with Crippen LogP contribution < -0.4 is 9.47 Å². The number of thiophene rings is 1. The van der Waals surface area contributed by atoms with Gasteiger partial charge < -0.3 is 14.6 Å². The fourth-order valence-electron chi connectivity index (χ4n) is 1.71. The molecule has 0 saturated carbocycles. The zero-order valence-electron chi connectivity index (χ0n) is 10.3. The van der Waals surface area contributed by atoms with E-state index < -0.39 is 11.9 Å². The molecule has 0 radical (unpaired) electrons. The molecule has 0 bridgehead atoms. The second-order valence-electron chi connectivity index (χ2n) is 3.77. The third-order valence-corrected chi connectivity index (χ3v) is 4.34. The summed E-state index contributed by atoms with van der Waals surface area (Å²) in [6.07, 6.45) is -1.03. The van der Waals surface area contributed by atoms with Crippen LogP contribution in [0.2, 0.25) is 0 Å². The highest BCUT2D eigenvalue weighted by molar-refractivity contribution is 9.11. The van der Waals surface area contributed by atoms with Crippen molar-refractivity contribution in [2.24, 2.45) is 0 Å². The van der Waals surface area contributed by atoms with Gasteiger partial charge >= 0.3 is 0 Å². The first kappa shape index (κ1) is 14.3. The van der Waals surface area contributed by atoms with Crippen molar-refractivity contribution in [3.8, 4) is 11.5 Å². The van der Waals surface area contributed by atoms with Crippen LogP contribution in [0.4, 0.5) is 4.39 Å². The minimum Gasteiger partial charge on any atom is -0.493 e. The SMILES string of the molecule is COc1cc(F)c(C(O)c2ccc(Br)s2)cc1OC. The molecule has 0 aliphatic carbocycles. The topological polar surface area (TPSA) is 38.7 Å². The maximum absolute atomic E-state index is 14.0. The average molecular weight is 347 g/mol. The predicted octanol–water partition coefficient (Wildman–Crippen LogP) is 3.75.